The Balaban J connectivity index is 1.48. The number of aliphatic hydroxyl groups is 1. The predicted octanol–water partition coefficient (Wildman–Crippen LogP) is 6.94. The van der Waals surface area contributed by atoms with Gasteiger partial charge in [-0.2, -0.15) is 0 Å². The van der Waals surface area contributed by atoms with Gasteiger partial charge in [0.15, 0.2) is 9.04 Å². The maximum Gasteiger partial charge on any atom is 0.327 e. The molecule has 3 aromatic carbocycles. The number of fused-ring (bicyclic) bond motifs is 1. The summed E-state index contributed by atoms with van der Waals surface area (Å²) in [6, 6.07) is 27.2. The van der Waals surface area contributed by atoms with Crippen LogP contribution in [-0.4, -0.2) is 55.3 Å². The summed E-state index contributed by atoms with van der Waals surface area (Å²) in [6.07, 6.45) is 2.29. The van der Waals surface area contributed by atoms with E-state index in [9.17, 15) is 9.90 Å². The van der Waals surface area contributed by atoms with Crippen molar-refractivity contribution in [2.24, 2.45) is 5.41 Å². The minimum atomic E-state index is -1.44. The first-order valence-corrected chi connectivity index (χ1v) is 18.2. The average molecular weight is 586 g/mol. The van der Waals surface area contributed by atoms with Crippen LogP contribution in [-0.2, 0) is 17.6 Å². The standard InChI is InChI=1S/C35H47N3O3Si/c1-35(2,3)23-32(41-42(4)5)38-31-17-10-9-16-30(31)33(28-14-7-6-8-15-28)37(34(38)40)29-18-20-36(21-19-29)24-26-12-11-13-27(22-26)25-39/h6-17,22,29,32-33,39,42H,18-21,23-25H2,1-5H3. The summed E-state index contributed by atoms with van der Waals surface area (Å²) in [5, 5.41) is 9.57. The fraction of sp³-hybridized carbons (Fsp3) is 0.457. The van der Waals surface area contributed by atoms with Crippen molar-refractivity contribution in [2.75, 3.05) is 18.0 Å². The Bertz CT molecular complexity index is 1330. The number of amides is 2. The number of benzene rings is 3. The minimum Gasteiger partial charge on any atom is -0.400 e. The zero-order valence-corrected chi connectivity index (χ0v) is 27.0. The molecule has 6 nitrogen and oxygen atoms in total. The molecule has 0 spiro atoms. The monoisotopic (exact) mass is 585 g/mol. The first-order valence-electron chi connectivity index (χ1n) is 15.5. The third kappa shape index (κ3) is 6.97. The van der Waals surface area contributed by atoms with E-state index >= 15 is 0 Å². The van der Waals surface area contributed by atoms with E-state index in [1.165, 1.54) is 11.1 Å². The predicted molar refractivity (Wildman–Crippen MR) is 173 cm³/mol. The third-order valence-electron chi connectivity index (χ3n) is 8.35. The Morgan fingerprint density at radius 1 is 0.929 bits per heavy atom. The molecule has 224 valence electrons. The van der Waals surface area contributed by atoms with Crippen LogP contribution in [0, 0.1) is 5.41 Å². The van der Waals surface area contributed by atoms with Gasteiger partial charge in [0, 0.05) is 31.2 Å². The molecule has 5 rings (SSSR count). The highest BCUT2D eigenvalue weighted by Crippen LogP contribution is 2.45. The smallest absolute Gasteiger partial charge is 0.327 e. The molecule has 1 N–H and O–H groups in total. The number of hydrogen-bond acceptors (Lipinski definition) is 4. The normalized spacial score (nSPS) is 19.3. The van der Waals surface area contributed by atoms with Crippen molar-refractivity contribution in [2.45, 2.75) is 84.6 Å². The van der Waals surface area contributed by atoms with E-state index in [1.807, 2.05) is 29.2 Å². The molecule has 2 atom stereocenters. The van der Waals surface area contributed by atoms with Crippen molar-refractivity contribution in [3.05, 3.63) is 101 Å². The highest BCUT2D eigenvalue weighted by Gasteiger charge is 2.45. The van der Waals surface area contributed by atoms with Gasteiger partial charge in [0.1, 0.15) is 6.23 Å². The van der Waals surface area contributed by atoms with Crippen LogP contribution < -0.4 is 4.90 Å². The van der Waals surface area contributed by atoms with E-state index < -0.39 is 9.04 Å². The van der Waals surface area contributed by atoms with Gasteiger partial charge in [0.25, 0.3) is 0 Å². The molecule has 1 fully saturated rings. The van der Waals surface area contributed by atoms with Crippen LogP contribution in [0.4, 0.5) is 10.5 Å². The van der Waals surface area contributed by atoms with E-state index in [0.29, 0.717) is 0 Å². The summed E-state index contributed by atoms with van der Waals surface area (Å²) in [7, 11) is -1.44. The minimum absolute atomic E-state index is 0.00293. The highest BCUT2D eigenvalue weighted by molar-refractivity contribution is 6.48. The summed E-state index contributed by atoms with van der Waals surface area (Å²) >= 11 is 0. The number of carbonyl (C=O) groups is 1. The molecule has 3 aromatic rings. The molecule has 1 saturated heterocycles. The van der Waals surface area contributed by atoms with Crippen molar-refractivity contribution in [1.82, 2.24) is 9.80 Å². The number of carbonyl (C=O) groups excluding carboxylic acids is 1. The lowest BCUT2D eigenvalue weighted by atomic mass is 9.88. The number of piperidine rings is 1. The second kappa shape index (κ2) is 13.1. The van der Waals surface area contributed by atoms with Gasteiger partial charge in [-0.1, -0.05) is 93.6 Å². The van der Waals surface area contributed by atoms with Gasteiger partial charge >= 0.3 is 6.03 Å². The van der Waals surface area contributed by atoms with Crippen LogP contribution in [0.1, 0.15) is 68.3 Å². The van der Waals surface area contributed by atoms with Crippen LogP contribution in [0.5, 0.6) is 0 Å². The van der Waals surface area contributed by atoms with Crippen LogP contribution >= 0.6 is 0 Å². The van der Waals surface area contributed by atoms with Gasteiger partial charge in [-0.05, 0) is 60.5 Å². The van der Waals surface area contributed by atoms with Crippen molar-refractivity contribution in [3.63, 3.8) is 0 Å². The summed E-state index contributed by atoms with van der Waals surface area (Å²) in [6.45, 7) is 13.8. The lowest BCUT2D eigenvalue weighted by molar-refractivity contribution is 0.0850. The number of para-hydroxylation sites is 1. The van der Waals surface area contributed by atoms with Gasteiger partial charge in [0.2, 0.25) is 0 Å². The fourth-order valence-electron chi connectivity index (χ4n) is 6.53. The summed E-state index contributed by atoms with van der Waals surface area (Å²) in [4.78, 5) is 21.5. The van der Waals surface area contributed by atoms with E-state index in [-0.39, 0.29) is 36.4 Å². The Morgan fingerprint density at radius 3 is 2.26 bits per heavy atom. The molecule has 42 heavy (non-hydrogen) atoms. The Kier molecular flexibility index (Phi) is 9.53. The maximum atomic E-state index is 14.9. The zero-order chi connectivity index (χ0) is 29.9. The van der Waals surface area contributed by atoms with E-state index in [2.05, 4.69) is 98.3 Å². The first-order chi connectivity index (χ1) is 20.1. The molecule has 0 saturated carbocycles. The molecular weight excluding hydrogens is 538 g/mol. The van der Waals surface area contributed by atoms with Crippen molar-refractivity contribution >= 4 is 20.8 Å². The van der Waals surface area contributed by atoms with E-state index in [1.54, 1.807) is 0 Å². The molecule has 2 aliphatic rings. The molecule has 0 bridgehead atoms. The van der Waals surface area contributed by atoms with Gasteiger partial charge < -0.3 is 14.4 Å². The second-order valence-electron chi connectivity index (χ2n) is 13.3. The molecular formula is C35H47N3O3Si. The molecule has 0 aliphatic carbocycles. The Labute approximate surface area is 253 Å². The number of hydrogen-bond donors (Lipinski definition) is 1. The Hall–Kier alpha value is -2.97. The molecule has 0 radical (unpaired) electrons. The van der Waals surface area contributed by atoms with Crippen LogP contribution in [0.25, 0.3) is 0 Å². The molecule has 2 aliphatic heterocycles. The van der Waals surface area contributed by atoms with Gasteiger partial charge in [-0.3, -0.25) is 9.80 Å². The Morgan fingerprint density at radius 2 is 1.60 bits per heavy atom. The number of aliphatic hydroxyl groups excluding tert-OH is 1. The fourth-order valence-corrected chi connectivity index (χ4v) is 7.37. The quantitative estimate of drug-likeness (QED) is 0.277. The second-order valence-corrected chi connectivity index (χ2v) is 15.7. The van der Waals surface area contributed by atoms with Crippen LogP contribution in [0.2, 0.25) is 13.1 Å². The molecule has 7 heteroatoms. The van der Waals surface area contributed by atoms with Crippen LogP contribution in [0.15, 0.2) is 78.9 Å². The van der Waals surface area contributed by atoms with Crippen molar-refractivity contribution in [3.8, 4) is 0 Å². The summed E-state index contributed by atoms with van der Waals surface area (Å²) in [5.74, 6) is 0. The summed E-state index contributed by atoms with van der Waals surface area (Å²) < 4.78 is 6.66. The summed E-state index contributed by atoms with van der Waals surface area (Å²) in [5.41, 5.74) is 5.45. The third-order valence-corrected chi connectivity index (χ3v) is 9.20. The molecule has 2 heterocycles. The zero-order valence-electron chi connectivity index (χ0n) is 25.9. The largest absolute Gasteiger partial charge is 0.400 e. The number of likely N-dealkylation sites (tertiary alicyclic amines) is 1. The number of urea groups is 1. The number of nitrogens with zero attached hydrogens (tertiary/aromatic N) is 3. The SMILES string of the molecule is C[SiH](C)OC(CC(C)(C)C)N1C(=O)N(C2CCN(Cc3cccc(CO)c3)CC2)C(c2ccccc2)c2ccccc21. The van der Waals surface area contributed by atoms with Gasteiger partial charge in [-0.15, -0.1) is 0 Å². The molecule has 2 unspecified atom stereocenters. The van der Waals surface area contributed by atoms with Crippen molar-refractivity contribution < 1.29 is 14.3 Å². The molecule has 2 amide bonds. The average Bonchev–Trinajstić information content (AvgIpc) is 2.96. The van der Waals surface area contributed by atoms with Gasteiger partial charge in [0.05, 0.1) is 18.3 Å². The highest BCUT2D eigenvalue weighted by atomic mass is 28.3. The van der Waals surface area contributed by atoms with Crippen molar-refractivity contribution in [1.29, 1.82) is 0 Å². The van der Waals surface area contributed by atoms with Gasteiger partial charge in [-0.25, -0.2) is 4.79 Å². The maximum absolute atomic E-state index is 14.9. The van der Waals surface area contributed by atoms with Crippen LogP contribution in [0.3, 0.4) is 0 Å². The first kappa shape index (κ1) is 30.5. The number of anilines is 1. The number of rotatable bonds is 9. The van der Waals surface area contributed by atoms with E-state index in [4.69, 9.17) is 4.43 Å². The molecule has 0 aromatic heterocycles. The topological polar surface area (TPSA) is 56.2 Å². The van der Waals surface area contributed by atoms with E-state index in [0.717, 1.165) is 55.7 Å². The lowest BCUT2D eigenvalue weighted by Crippen LogP contribution is -2.59. The lowest BCUT2D eigenvalue weighted by Gasteiger charge is -2.50.